The van der Waals surface area contributed by atoms with Crippen molar-refractivity contribution >= 4 is 0 Å². The van der Waals surface area contributed by atoms with Crippen LogP contribution in [0.3, 0.4) is 0 Å². The van der Waals surface area contributed by atoms with E-state index in [2.05, 4.69) is 0 Å². The zero-order chi connectivity index (χ0) is 7.44. The summed E-state index contributed by atoms with van der Waals surface area (Å²) >= 11 is 0. The predicted octanol–water partition coefficient (Wildman–Crippen LogP) is -3.02. The smallest absolute Gasteiger partial charge is 0.131 e. The van der Waals surface area contributed by atoms with Crippen LogP contribution < -0.4 is 5.73 Å². The third-order valence-corrected chi connectivity index (χ3v) is 0.931. The molecule has 56 valence electrons. The van der Waals surface area contributed by atoms with E-state index in [1.165, 1.54) is 0 Å². The number of hydrogen-bond acceptors (Lipinski definition) is 5. The maximum atomic E-state index is 8.61. The largest absolute Gasteiger partial charge is 0.394 e. The number of rotatable bonds is 3. The SMILES string of the molecule is NC(O)C(O)C(O)CO. The predicted molar refractivity (Wildman–Crippen MR) is 29.3 cm³/mol. The Labute approximate surface area is 52.4 Å². The lowest BCUT2D eigenvalue weighted by atomic mass is 10.2. The van der Waals surface area contributed by atoms with Crippen molar-refractivity contribution in [3.8, 4) is 0 Å². The van der Waals surface area contributed by atoms with Crippen molar-refractivity contribution in [3.63, 3.8) is 0 Å². The van der Waals surface area contributed by atoms with Crippen molar-refractivity contribution in [2.24, 2.45) is 5.73 Å². The van der Waals surface area contributed by atoms with Gasteiger partial charge in [0.15, 0.2) is 0 Å². The Bertz CT molecular complexity index is 77.0. The molecule has 0 fully saturated rings. The minimum atomic E-state index is -1.51. The Balaban J connectivity index is 3.58. The van der Waals surface area contributed by atoms with Gasteiger partial charge in [0.05, 0.1) is 6.61 Å². The molecule has 0 radical (unpaired) electrons. The van der Waals surface area contributed by atoms with Crippen molar-refractivity contribution < 1.29 is 20.4 Å². The van der Waals surface area contributed by atoms with Crippen LogP contribution in [0.25, 0.3) is 0 Å². The zero-order valence-electron chi connectivity index (χ0n) is 4.81. The van der Waals surface area contributed by atoms with E-state index >= 15 is 0 Å². The van der Waals surface area contributed by atoms with E-state index in [9.17, 15) is 0 Å². The molecule has 0 rings (SSSR count). The van der Waals surface area contributed by atoms with Gasteiger partial charge in [-0.15, -0.1) is 0 Å². The van der Waals surface area contributed by atoms with Crippen LogP contribution in [0.4, 0.5) is 0 Å². The topological polar surface area (TPSA) is 107 Å². The molecule has 0 aromatic rings. The molecule has 0 bridgehead atoms. The molecule has 0 spiro atoms. The van der Waals surface area contributed by atoms with Crippen molar-refractivity contribution in [2.75, 3.05) is 6.61 Å². The zero-order valence-corrected chi connectivity index (χ0v) is 4.81. The first kappa shape index (κ1) is 8.80. The van der Waals surface area contributed by atoms with E-state index < -0.39 is 25.0 Å². The third-order valence-electron chi connectivity index (χ3n) is 0.931. The summed E-state index contributed by atoms with van der Waals surface area (Å²) in [6.45, 7) is -0.616. The van der Waals surface area contributed by atoms with Gasteiger partial charge in [-0.25, -0.2) is 0 Å². The molecule has 3 unspecified atom stereocenters. The fraction of sp³-hybridized carbons (Fsp3) is 1.00. The summed E-state index contributed by atoms with van der Waals surface area (Å²) in [5.74, 6) is 0. The molecule has 0 amide bonds. The molecule has 0 aromatic heterocycles. The van der Waals surface area contributed by atoms with E-state index in [0.717, 1.165) is 0 Å². The number of aliphatic hydroxyl groups excluding tert-OH is 4. The average molecular weight is 137 g/mol. The molecule has 5 nitrogen and oxygen atoms in total. The van der Waals surface area contributed by atoms with Gasteiger partial charge in [0, 0.05) is 0 Å². The number of hydrogen-bond donors (Lipinski definition) is 5. The Hall–Kier alpha value is -0.200. The van der Waals surface area contributed by atoms with Gasteiger partial charge in [0.2, 0.25) is 0 Å². The molecular formula is C4H11NO4. The van der Waals surface area contributed by atoms with Gasteiger partial charge in [0.1, 0.15) is 18.4 Å². The molecule has 9 heavy (non-hydrogen) atoms. The fourth-order valence-electron chi connectivity index (χ4n) is 0.336. The van der Waals surface area contributed by atoms with Gasteiger partial charge in [-0.1, -0.05) is 0 Å². The fourth-order valence-corrected chi connectivity index (χ4v) is 0.336. The summed E-state index contributed by atoms with van der Waals surface area (Å²) in [6.07, 6.45) is -4.35. The second-order valence-electron chi connectivity index (χ2n) is 1.73. The highest BCUT2D eigenvalue weighted by molar-refractivity contribution is 4.69. The normalized spacial score (nSPS) is 21.0. The van der Waals surface area contributed by atoms with Crippen LogP contribution in [0.1, 0.15) is 0 Å². The van der Waals surface area contributed by atoms with E-state index in [4.69, 9.17) is 26.2 Å². The lowest BCUT2D eigenvalue weighted by Gasteiger charge is -2.17. The van der Waals surface area contributed by atoms with Gasteiger partial charge >= 0.3 is 0 Å². The molecule has 0 saturated carbocycles. The highest BCUT2D eigenvalue weighted by Gasteiger charge is 2.19. The molecule has 0 aromatic carbocycles. The van der Waals surface area contributed by atoms with Crippen molar-refractivity contribution in [1.82, 2.24) is 0 Å². The standard InChI is InChI=1S/C4H11NO4/c5-4(9)3(8)2(7)1-6/h2-4,6-9H,1,5H2. The number of nitrogens with two attached hydrogens (primary N) is 1. The van der Waals surface area contributed by atoms with Crippen molar-refractivity contribution in [2.45, 2.75) is 18.4 Å². The van der Waals surface area contributed by atoms with Crippen LogP contribution in [-0.4, -0.2) is 45.5 Å². The Kier molecular flexibility index (Phi) is 3.67. The van der Waals surface area contributed by atoms with Gasteiger partial charge in [-0.05, 0) is 0 Å². The Morgan fingerprint density at radius 3 is 1.78 bits per heavy atom. The van der Waals surface area contributed by atoms with Crippen LogP contribution >= 0.6 is 0 Å². The average Bonchev–Trinajstić information content (AvgIpc) is 1.84. The monoisotopic (exact) mass is 137 g/mol. The summed E-state index contributed by atoms with van der Waals surface area (Å²) in [4.78, 5) is 0. The van der Waals surface area contributed by atoms with Crippen molar-refractivity contribution in [1.29, 1.82) is 0 Å². The van der Waals surface area contributed by atoms with E-state index in [1.54, 1.807) is 0 Å². The second kappa shape index (κ2) is 3.76. The molecule has 0 aliphatic rings. The molecule has 0 saturated heterocycles. The molecule has 3 atom stereocenters. The first-order valence-electron chi connectivity index (χ1n) is 2.50. The van der Waals surface area contributed by atoms with E-state index in [1.807, 2.05) is 0 Å². The van der Waals surface area contributed by atoms with Crippen LogP contribution in [-0.2, 0) is 0 Å². The lowest BCUT2D eigenvalue weighted by molar-refractivity contribution is -0.0738. The molecule has 0 heterocycles. The second-order valence-corrected chi connectivity index (χ2v) is 1.73. The molecule has 6 N–H and O–H groups in total. The maximum Gasteiger partial charge on any atom is 0.131 e. The third kappa shape index (κ3) is 2.73. The lowest BCUT2D eigenvalue weighted by Crippen LogP contribution is -2.44. The highest BCUT2D eigenvalue weighted by atomic mass is 16.4. The number of aliphatic hydroxyl groups is 4. The van der Waals surface area contributed by atoms with E-state index in [-0.39, 0.29) is 0 Å². The van der Waals surface area contributed by atoms with E-state index in [0.29, 0.717) is 0 Å². The Morgan fingerprint density at radius 2 is 1.67 bits per heavy atom. The van der Waals surface area contributed by atoms with Crippen LogP contribution in [0, 0.1) is 0 Å². The van der Waals surface area contributed by atoms with Crippen LogP contribution in [0.15, 0.2) is 0 Å². The molecule has 0 aliphatic carbocycles. The summed E-state index contributed by atoms with van der Waals surface area (Å²) in [7, 11) is 0. The summed E-state index contributed by atoms with van der Waals surface area (Å²) in [5, 5.41) is 33.7. The minimum absolute atomic E-state index is 0.616. The molecule has 0 aliphatic heterocycles. The van der Waals surface area contributed by atoms with Gasteiger partial charge < -0.3 is 26.2 Å². The molecular weight excluding hydrogens is 126 g/mol. The van der Waals surface area contributed by atoms with Crippen LogP contribution in [0.5, 0.6) is 0 Å². The van der Waals surface area contributed by atoms with Gasteiger partial charge in [-0.3, -0.25) is 0 Å². The van der Waals surface area contributed by atoms with Gasteiger partial charge in [0.25, 0.3) is 0 Å². The summed E-state index contributed by atoms with van der Waals surface area (Å²) in [5.41, 5.74) is 4.75. The highest BCUT2D eigenvalue weighted by Crippen LogP contribution is 1.93. The molecule has 5 heteroatoms. The summed E-state index contributed by atoms with van der Waals surface area (Å²) < 4.78 is 0. The quantitative estimate of drug-likeness (QED) is 0.266. The van der Waals surface area contributed by atoms with Crippen molar-refractivity contribution in [3.05, 3.63) is 0 Å². The Morgan fingerprint density at radius 1 is 1.22 bits per heavy atom. The van der Waals surface area contributed by atoms with Crippen LogP contribution in [0.2, 0.25) is 0 Å². The summed E-state index contributed by atoms with van der Waals surface area (Å²) in [6, 6.07) is 0. The maximum absolute atomic E-state index is 8.61. The van der Waals surface area contributed by atoms with Gasteiger partial charge in [-0.2, -0.15) is 0 Å². The first-order valence-corrected chi connectivity index (χ1v) is 2.50. The first-order chi connectivity index (χ1) is 4.09. The minimum Gasteiger partial charge on any atom is -0.394 e.